The van der Waals surface area contributed by atoms with Gasteiger partial charge in [-0.05, 0) is 56.1 Å². The molecule has 1 aromatic carbocycles. The quantitative estimate of drug-likeness (QED) is 0.182. The van der Waals surface area contributed by atoms with E-state index in [4.69, 9.17) is 25.2 Å². The van der Waals surface area contributed by atoms with E-state index in [0.29, 0.717) is 0 Å². The fourth-order valence-corrected chi connectivity index (χ4v) is 4.45. The third-order valence-corrected chi connectivity index (χ3v) is 6.79. The standard InChI is InChI=1S/C20H31N3OS.C6H8O7/c1-4-23(5-2)12-8-14-25-13-7-11-21-19-16-18(24-3)15-17-9-6-10-22-20(17)19;7-3(8)1-6(13,5(11)12)2-4(9)10/h6,9-10,15-16,21H,4-5,7-8,11-14H2,1-3H3;13H,1-2H2,(H,7,8)(H,9,10)(H,11,12). The number of thioether (sulfide) groups is 1. The highest BCUT2D eigenvalue weighted by Crippen LogP contribution is 2.27. The summed E-state index contributed by atoms with van der Waals surface area (Å²) in [5.74, 6) is -1.70. The maximum absolute atomic E-state index is 10.3. The summed E-state index contributed by atoms with van der Waals surface area (Å²) >= 11 is 2.06. The lowest BCUT2D eigenvalue weighted by atomic mass is 9.96. The van der Waals surface area contributed by atoms with E-state index >= 15 is 0 Å². The number of anilines is 1. The molecule has 0 saturated heterocycles. The normalized spacial score (nSPS) is 11.1. The van der Waals surface area contributed by atoms with Gasteiger partial charge in [0.1, 0.15) is 5.75 Å². The van der Waals surface area contributed by atoms with Gasteiger partial charge in [0.25, 0.3) is 0 Å². The lowest BCUT2D eigenvalue weighted by Crippen LogP contribution is -2.42. The van der Waals surface area contributed by atoms with Gasteiger partial charge in [-0.3, -0.25) is 14.6 Å². The second-order valence-corrected chi connectivity index (χ2v) is 9.73. The number of aliphatic carboxylic acids is 3. The number of hydrogen-bond donors (Lipinski definition) is 5. The van der Waals surface area contributed by atoms with Crippen LogP contribution in [0.15, 0.2) is 30.5 Å². The summed E-state index contributed by atoms with van der Waals surface area (Å²) in [6.45, 7) is 8.97. The van der Waals surface area contributed by atoms with Crippen LogP contribution in [0.3, 0.4) is 0 Å². The molecule has 0 spiro atoms. The van der Waals surface area contributed by atoms with Crippen molar-refractivity contribution in [1.29, 1.82) is 0 Å². The van der Waals surface area contributed by atoms with E-state index in [1.54, 1.807) is 7.11 Å². The van der Waals surface area contributed by atoms with Gasteiger partial charge in [0.05, 0.1) is 31.2 Å². The third kappa shape index (κ3) is 12.0. The first-order valence-corrected chi connectivity index (χ1v) is 13.6. The molecule has 1 heterocycles. The van der Waals surface area contributed by atoms with E-state index in [-0.39, 0.29) is 0 Å². The van der Waals surface area contributed by atoms with Crippen molar-refractivity contribution in [2.75, 3.05) is 50.1 Å². The van der Waals surface area contributed by atoms with Crippen LogP contribution in [-0.2, 0) is 14.4 Å². The van der Waals surface area contributed by atoms with E-state index in [1.807, 2.05) is 24.4 Å². The molecule has 0 aliphatic rings. The Labute approximate surface area is 227 Å². The van der Waals surface area contributed by atoms with Crippen LogP contribution in [0.1, 0.15) is 39.5 Å². The summed E-state index contributed by atoms with van der Waals surface area (Å²) in [6, 6.07) is 8.09. The summed E-state index contributed by atoms with van der Waals surface area (Å²) in [5.41, 5.74) is -0.672. The Bertz CT molecular complexity index is 1020. The van der Waals surface area contributed by atoms with Crippen LogP contribution in [0.25, 0.3) is 10.9 Å². The molecule has 11 nitrogen and oxygen atoms in total. The number of aromatic nitrogens is 1. The smallest absolute Gasteiger partial charge is 0.336 e. The molecule has 0 bridgehead atoms. The number of rotatable bonds is 17. The average molecular weight is 554 g/mol. The molecule has 0 fully saturated rings. The van der Waals surface area contributed by atoms with Gasteiger partial charge in [0.15, 0.2) is 5.60 Å². The highest BCUT2D eigenvalue weighted by atomic mass is 32.2. The zero-order chi connectivity index (χ0) is 28.6. The molecule has 212 valence electrons. The highest BCUT2D eigenvalue weighted by molar-refractivity contribution is 7.99. The van der Waals surface area contributed by atoms with Crippen molar-refractivity contribution in [2.45, 2.75) is 45.1 Å². The van der Waals surface area contributed by atoms with Gasteiger partial charge in [0.2, 0.25) is 0 Å². The minimum atomic E-state index is -2.74. The lowest BCUT2D eigenvalue weighted by Gasteiger charge is -2.18. The molecule has 0 radical (unpaired) electrons. The number of benzene rings is 1. The van der Waals surface area contributed by atoms with Crippen molar-refractivity contribution in [1.82, 2.24) is 9.88 Å². The van der Waals surface area contributed by atoms with Crippen molar-refractivity contribution in [3.05, 3.63) is 30.5 Å². The number of aliphatic hydroxyl groups is 1. The van der Waals surface area contributed by atoms with Crippen LogP contribution < -0.4 is 10.1 Å². The minimum absolute atomic E-state index is 0.869. The zero-order valence-electron chi connectivity index (χ0n) is 22.2. The van der Waals surface area contributed by atoms with Crippen LogP contribution in [0, 0.1) is 0 Å². The van der Waals surface area contributed by atoms with E-state index in [9.17, 15) is 14.4 Å². The van der Waals surface area contributed by atoms with E-state index in [0.717, 1.165) is 48.4 Å². The summed E-state index contributed by atoms with van der Waals surface area (Å²) in [7, 11) is 1.70. The Morgan fingerprint density at radius 2 is 1.68 bits per heavy atom. The Morgan fingerprint density at radius 1 is 1.05 bits per heavy atom. The molecule has 0 saturated carbocycles. The van der Waals surface area contributed by atoms with Crippen molar-refractivity contribution < 1.29 is 39.5 Å². The zero-order valence-corrected chi connectivity index (χ0v) is 23.0. The molecule has 0 aliphatic heterocycles. The largest absolute Gasteiger partial charge is 0.497 e. The summed E-state index contributed by atoms with van der Waals surface area (Å²) in [4.78, 5) is 37.5. The Hall–Kier alpha value is -3.09. The first-order chi connectivity index (χ1) is 18.1. The van der Waals surface area contributed by atoms with Gasteiger partial charge in [-0.1, -0.05) is 19.9 Å². The molecule has 0 aliphatic carbocycles. The van der Waals surface area contributed by atoms with E-state index < -0.39 is 36.4 Å². The number of carboxylic acids is 3. The van der Waals surface area contributed by atoms with Gasteiger partial charge < -0.3 is 35.4 Å². The molecule has 2 aromatic rings. The monoisotopic (exact) mass is 553 g/mol. The number of fused-ring (bicyclic) bond motifs is 1. The Balaban J connectivity index is 0.000000471. The second-order valence-electron chi connectivity index (χ2n) is 8.50. The Morgan fingerprint density at radius 3 is 2.24 bits per heavy atom. The predicted molar refractivity (Wildman–Crippen MR) is 148 cm³/mol. The van der Waals surface area contributed by atoms with Crippen LogP contribution in [0.5, 0.6) is 5.75 Å². The van der Waals surface area contributed by atoms with Gasteiger partial charge >= 0.3 is 17.9 Å². The number of hydrogen-bond acceptors (Lipinski definition) is 9. The maximum Gasteiger partial charge on any atom is 0.336 e. The summed E-state index contributed by atoms with van der Waals surface area (Å²) < 4.78 is 5.40. The molecule has 5 N–H and O–H groups in total. The summed E-state index contributed by atoms with van der Waals surface area (Å²) in [5, 5.41) is 38.4. The van der Waals surface area contributed by atoms with E-state index in [1.165, 1.54) is 24.5 Å². The summed E-state index contributed by atoms with van der Waals surface area (Å²) in [6.07, 6.45) is 1.99. The predicted octanol–water partition coefficient (Wildman–Crippen LogP) is 3.26. The number of nitrogens with zero attached hydrogens (tertiary/aromatic N) is 2. The molecule has 38 heavy (non-hydrogen) atoms. The number of methoxy groups -OCH3 is 1. The van der Waals surface area contributed by atoms with Gasteiger partial charge in [-0.2, -0.15) is 11.8 Å². The van der Waals surface area contributed by atoms with Crippen molar-refractivity contribution in [2.24, 2.45) is 0 Å². The molecule has 2 rings (SSSR count). The topological polar surface area (TPSA) is 170 Å². The maximum atomic E-state index is 10.3. The van der Waals surface area contributed by atoms with Gasteiger partial charge in [-0.25, -0.2) is 4.79 Å². The van der Waals surface area contributed by atoms with Crippen molar-refractivity contribution in [3.63, 3.8) is 0 Å². The number of carboxylic acid groups (broad SMARTS) is 3. The first kappa shape index (κ1) is 32.9. The van der Waals surface area contributed by atoms with Crippen molar-refractivity contribution in [3.8, 4) is 5.75 Å². The average Bonchev–Trinajstić information content (AvgIpc) is 2.87. The molecular formula is C26H39N3O8S. The molecule has 0 unspecified atom stereocenters. The van der Waals surface area contributed by atoms with E-state index in [2.05, 4.69) is 46.9 Å². The molecular weight excluding hydrogens is 514 g/mol. The minimum Gasteiger partial charge on any atom is -0.497 e. The van der Waals surface area contributed by atoms with Gasteiger partial charge in [-0.15, -0.1) is 0 Å². The third-order valence-electron chi connectivity index (χ3n) is 5.64. The van der Waals surface area contributed by atoms with Crippen LogP contribution in [-0.4, -0.2) is 98.6 Å². The van der Waals surface area contributed by atoms with Crippen LogP contribution >= 0.6 is 11.8 Å². The fourth-order valence-electron chi connectivity index (χ4n) is 3.56. The molecule has 12 heteroatoms. The van der Waals surface area contributed by atoms with Crippen LogP contribution in [0.2, 0.25) is 0 Å². The Kier molecular flexibility index (Phi) is 15.1. The first-order valence-electron chi connectivity index (χ1n) is 12.4. The second kappa shape index (κ2) is 17.4. The number of pyridine rings is 1. The van der Waals surface area contributed by atoms with Crippen LogP contribution in [0.4, 0.5) is 5.69 Å². The van der Waals surface area contributed by atoms with Gasteiger partial charge in [0, 0.05) is 24.2 Å². The number of carbonyl (C=O) groups is 3. The highest BCUT2D eigenvalue weighted by Gasteiger charge is 2.40. The number of nitrogens with one attached hydrogen (secondary N) is 1. The molecule has 0 amide bonds. The fraction of sp³-hybridized carbons (Fsp3) is 0.538. The molecule has 0 atom stereocenters. The molecule has 1 aromatic heterocycles. The lowest BCUT2D eigenvalue weighted by molar-refractivity contribution is -0.170. The number of ether oxygens (including phenoxy) is 1. The SMILES string of the molecule is CCN(CC)CCCSCCCNc1cc(OC)cc2cccnc12.O=C(O)CC(O)(CC(=O)O)C(=O)O. The van der Waals surface area contributed by atoms with Crippen molar-refractivity contribution >= 4 is 46.3 Å².